The van der Waals surface area contributed by atoms with Crippen LogP contribution in [0.1, 0.15) is 21.5 Å². The lowest BCUT2D eigenvalue weighted by atomic mass is 10.1. The molecule has 0 aliphatic carbocycles. The van der Waals surface area contributed by atoms with Gasteiger partial charge in [-0.3, -0.25) is 9.10 Å². The summed E-state index contributed by atoms with van der Waals surface area (Å²) in [5, 5.41) is 0. The van der Waals surface area contributed by atoms with E-state index in [1.54, 1.807) is 0 Å². The molecule has 2 N–H and O–H groups in total. The number of primary amides is 1. The predicted octanol–water partition coefficient (Wildman–Crippen LogP) is 4.37. The van der Waals surface area contributed by atoms with Gasteiger partial charge in [0.05, 0.1) is 27.8 Å². The number of hydrogen-bond donors (Lipinski definition) is 1. The number of carbonyl (C=O) groups excluding carboxylic acids is 1. The van der Waals surface area contributed by atoms with E-state index in [-0.39, 0.29) is 22.5 Å². The van der Waals surface area contributed by atoms with E-state index >= 15 is 0 Å². The quantitative estimate of drug-likeness (QED) is 0.373. The van der Waals surface area contributed by atoms with Crippen LogP contribution >= 0.6 is 15.9 Å². The van der Waals surface area contributed by atoms with E-state index in [9.17, 15) is 39.6 Å². The highest BCUT2D eigenvalue weighted by molar-refractivity contribution is 9.09. The normalized spacial score (nSPS) is 12.7. The highest BCUT2D eigenvalue weighted by atomic mass is 79.9. The second-order valence-electron chi connectivity index (χ2n) is 5.60. The summed E-state index contributed by atoms with van der Waals surface area (Å²) >= 11 is 2.77. The molecule has 2 aromatic carbocycles. The van der Waals surface area contributed by atoms with Gasteiger partial charge in [-0.2, -0.15) is 26.3 Å². The molecule has 0 spiro atoms. The Morgan fingerprint density at radius 2 is 1.45 bits per heavy atom. The van der Waals surface area contributed by atoms with Crippen LogP contribution in [-0.4, -0.2) is 19.8 Å². The molecule has 0 radical (unpaired) electrons. The Hall–Kier alpha value is -2.28. The molecule has 29 heavy (non-hydrogen) atoms. The van der Waals surface area contributed by atoms with Gasteiger partial charge >= 0.3 is 12.4 Å². The van der Waals surface area contributed by atoms with Crippen LogP contribution in [0.3, 0.4) is 0 Å². The Kier molecular flexibility index (Phi) is 6.23. The molecule has 2 aromatic rings. The maximum atomic E-state index is 13.1. The van der Waals surface area contributed by atoms with Gasteiger partial charge in [0.1, 0.15) is 4.90 Å². The van der Waals surface area contributed by atoms with Gasteiger partial charge < -0.3 is 5.73 Å². The summed E-state index contributed by atoms with van der Waals surface area (Å²) in [7, 11) is -4.75. The van der Waals surface area contributed by atoms with Crippen molar-refractivity contribution in [1.82, 2.24) is 0 Å². The fourth-order valence-corrected chi connectivity index (χ4v) is 4.91. The van der Waals surface area contributed by atoms with Gasteiger partial charge in [0.15, 0.2) is 0 Å². The zero-order chi connectivity index (χ0) is 22.2. The monoisotopic (exact) mass is 504 g/mol. The number of anilines is 1. The van der Waals surface area contributed by atoms with Crippen molar-refractivity contribution in [3.8, 4) is 0 Å². The third-order valence-corrected chi connectivity index (χ3v) is 6.36. The lowest BCUT2D eigenvalue weighted by molar-refractivity contribution is -0.143. The van der Waals surface area contributed by atoms with Crippen LogP contribution in [-0.2, 0) is 22.4 Å². The molecule has 0 unspecified atom stereocenters. The molecule has 1 amide bonds. The Balaban J connectivity index is 2.76. The molecule has 2 rings (SSSR count). The van der Waals surface area contributed by atoms with Crippen LogP contribution in [0.25, 0.3) is 0 Å². The van der Waals surface area contributed by atoms with Gasteiger partial charge in [-0.15, -0.1) is 0 Å². The second-order valence-corrected chi connectivity index (χ2v) is 7.93. The van der Waals surface area contributed by atoms with Gasteiger partial charge in [0.2, 0.25) is 5.91 Å². The van der Waals surface area contributed by atoms with Crippen LogP contribution in [0, 0.1) is 0 Å². The number of nitrogens with zero attached hydrogens (tertiary/aromatic N) is 1. The Morgan fingerprint density at radius 1 is 0.966 bits per heavy atom. The maximum absolute atomic E-state index is 13.1. The molecule has 5 nitrogen and oxygen atoms in total. The summed E-state index contributed by atoms with van der Waals surface area (Å²) in [5.41, 5.74) is -0.318. The van der Waals surface area contributed by atoms with E-state index < -0.39 is 61.0 Å². The summed E-state index contributed by atoms with van der Waals surface area (Å²) in [6, 6.07) is 4.95. The zero-order valence-electron chi connectivity index (χ0n) is 14.1. The number of carbonyl (C=O) groups is 1. The molecular weight excluding hydrogens is 494 g/mol. The first-order chi connectivity index (χ1) is 13.2. The molecular formula is C16H11BrF6N2O3S. The average molecular weight is 505 g/mol. The van der Waals surface area contributed by atoms with Gasteiger partial charge in [-0.25, -0.2) is 8.42 Å². The first kappa shape index (κ1) is 23.0. The van der Waals surface area contributed by atoms with Gasteiger partial charge in [-0.05, 0) is 30.3 Å². The summed E-state index contributed by atoms with van der Waals surface area (Å²) in [4.78, 5) is 10.8. The fraction of sp³-hybridized carbons (Fsp3) is 0.188. The summed E-state index contributed by atoms with van der Waals surface area (Å²) in [6.45, 7) is 0. The average Bonchev–Trinajstić information content (AvgIpc) is 2.60. The van der Waals surface area contributed by atoms with Crippen LogP contribution in [0.4, 0.5) is 32.0 Å². The van der Waals surface area contributed by atoms with E-state index in [2.05, 4.69) is 15.9 Å². The molecule has 0 saturated carbocycles. The molecule has 0 atom stereocenters. The smallest absolute Gasteiger partial charge is 0.366 e. The van der Waals surface area contributed by atoms with Crippen LogP contribution in [0.2, 0.25) is 0 Å². The molecule has 0 fully saturated rings. The van der Waals surface area contributed by atoms with E-state index in [4.69, 9.17) is 5.73 Å². The largest absolute Gasteiger partial charge is 0.416 e. The number of rotatable bonds is 5. The summed E-state index contributed by atoms with van der Waals surface area (Å²) in [5.74, 6) is -1.14. The second kappa shape index (κ2) is 7.86. The Labute approximate surface area is 169 Å². The molecule has 0 saturated heterocycles. The fourth-order valence-electron chi connectivity index (χ4n) is 2.37. The van der Waals surface area contributed by atoms with E-state index in [1.807, 2.05) is 0 Å². The zero-order valence-corrected chi connectivity index (χ0v) is 16.5. The minimum Gasteiger partial charge on any atom is -0.366 e. The topological polar surface area (TPSA) is 80.5 Å². The highest BCUT2D eigenvalue weighted by Gasteiger charge is 2.39. The van der Waals surface area contributed by atoms with Crippen molar-refractivity contribution in [2.24, 2.45) is 5.73 Å². The van der Waals surface area contributed by atoms with E-state index in [1.165, 1.54) is 12.1 Å². The molecule has 13 heteroatoms. The summed E-state index contributed by atoms with van der Waals surface area (Å²) < 4.78 is 105. The number of benzene rings is 2. The first-order valence-corrected chi connectivity index (χ1v) is 10.0. The number of amides is 1. The van der Waals surface area contributed by atoms with Crippen molar-refractivity contribution in [3.05, 3.63) is 59.2 Å². The maximum Gasteiger partial charge on any atom is 0.416 e. The van der Waals surface area contributed by atoms with E-state index in [0.29, 0.717) is 0 Å². The van der Waals surface area contributed by atoms with Crippen molar-refractivity contribution in [3.63, 3.8) is 0 Å². The third-order valence-electron chi connectivity index (χ3n) is 3.69. The predicted molar refractivity (Wildman–Crippen MR) is 94.9 cm³/mol. The molecule has 0 aliphatic rings. The Morgan fingerprint density at radius 3 is 1.86 bits per heavy atom. The molecule has 158 valence electrons. The van der Waals surface area contributed by atoms with Gasteiger partial charge in [0, 0.05) is 0 Å². The Bertz CT molecular complexity index is 1010. The molecule has 0 aromatic heterocycles. The SMILES string of the molecule is NC(=O)c1ccccc1S(=O)(=O)N(CBr)c1cc(C(F)(F)F)cc(C(F)(F)F)c1. The van der Waals surface area contributed by atoms with Crippen LogP contribution < -0.4 is 10.0 Å². The van der Waals surface area contributed by atoms with Crippen LogP contribution in [0.5, 0.6) is 0 Å². The lowest BCUT2D eigenvalue weighted by Crippen LogP contribution is -2.32. The molecule has 0 aliphatic heterocycles. The van der Waals surface area contributed by atoms with E-state index in [0.717, 1.165) is 12.1 Å². The standard InChI is InChI=1S/C16H11BrF6N2O3S/c17-8-25(29(27,28)13-4-2-1-3-12(13)14(24)26)11-6-9(15(18,19)20)5-10(7-11)16(21,22)23/h1-7H,8H2,(H2,24,26). The van der Waals surface area contributed by atoms with Crippen molar-refractivity contribution >= 4 is 37.5 Å². The number of alkyl halides is 7. The first-order valence-electron chi connectivity index (χ1n) is 7.46. The number of halogens is 7. The van der Waals surface area contributed by atoms with Gasteiger partial charge in [-0.1, -0.05) is 28.1 Å². The van der Waals surface area contributed by atoms with Crippen molar-refractivity contribution in [1.29, 1.82) is 0 Å². The number of sulfonamides is 1. The molecule has 0 bridgehead atoms. The third kappa shape index (κ3) is 4.83. The van der Waals surface area contributed by atoms with Gasteiger partial charge in [0.25, 0.3) is 10.0 Å². The van der Waals surface area contributed by atoms with Crippen molar-refractivity contribution in [2.75, 3.05) is 9.76 Å². The highest BCUT2D eigenvalue weighted by Crippen LogP contribution is 2.39. The van der Waals surface area contributed by atoms with Crippen molar-refractivity contribution < 1.29 is 39.6 Å². The van der Waals surface area contributed by atoms with Crippen LogP contribution in [0.15, 0.2) is 47.4 Å². The molecule has 0 heterocycles. The number of hydrogen-bond acceptors (Lipinski definition) is 3. The lowest BCUT2D eigenvalue weighted by Gasteiger charge is -2.25. The minimum atomic E-state index is -5.16. The summed E-state index contributed by atoms with van der Waals surface area (Å²) in [6.07, 6.45) is -10.3. The minimum absolute atomic E-state index is 0.125. The number of nitrogens with two attached hydrogens (primary N) is 1. The van der Waals surface area contributed by atoms with Crippen molar-refractivity contribution in [2.45, 2.75) is 17.2 Å².